The quantitative estimate of drug-likeness (QED) is 0.411. The number of rotatable bonds is 10. The average Bonchev–Trinajstić information content (AvgIpc) is 3.07. The lowest BCUT2D eigenvalue weighted by Gasteiger charge is -2.34. The molecule has 0 radical (unpaired) electrons. The van der Waals surface area contributed by atoms with Gasteiger partial charge in [-0.25, -0.2) is 4.79 Å². The zero-order chi connectivity index (χ0) is 25.4. The van der Waals surface area contributed by atoms with Gasteiger partial charge in [0.15, 0.2) is 0 Å². The molecule has 1 saturated heterocycles. The van der Waals surface area contributed by atoms with Crippen molar-refractivity contribution < 1.29 is 19.4 Å². The highest BCUT2D eigenvalue weighted by Crippen LogP contribution is 2.41. The van der Waals surface area contributed by atoms with E-state index in [-0.39, 0.29) is 18.1 Å². The Morgan fingerprint density at radius 1 is 1.26 bits per heavy atom. The highest BCUT2D eigenvalue weighted by atomic mass is 16.6. The molecular formula is C28H43N3O4. The Bertz CT molecular complexity index is 849. The molecule has 194 valence electrons. The van der Waals surface area contributed by atoms with E-state index in [1.54, 1.807) is 17.2 Å². The number of pyridine rings is 1. The Morgan fingerprint density at radius 3 is 2.63 bits per heavy atom. The molecule has 35 heavy (non-hydrogen) atoms. The molecule has 7 nitrogen and oxygen atoms in total. The van der Waals surface area contributed by atoms with Crippen LogP contribution in [0.4, 0.5) is 4.79 Å². The van der Waals surface area contributed by atoms with Crippen LogP contribution in [0.2, 0.25) is 0 Å². The first-order valence-electron chi connectivity index (χ1n) is 13.2. The third kappa shape index (κ3) is 7.79. The Balaban J connectivity index is 1.62. The third-order valence-electron chi connectivity index (χ3n) is 7.64. The smallest absolute Gasteiger partial charge is 0.409 e. The zero-order valence-electron chi connectivity index (χ0n) is 21.8. The molecule has 1 aliphatic carbocycles. The maximum Gasteiger partial charge on any atom is 0.409 e. The van der Waals surface area contributed by atoms with E-state index in [1.165, 1.54) is 32.1 Å². The fraction of sp³-hybridized carbons (Fsp3) is 0.679. The maximum absolute atomic E-state index is 12.3. The van der Waals surface area contributed by atoms with Gasteiger partial charge in [0.2, 0.25) is 5.91 Å². The Kier molecular flexibility index (Phi) is 9.72. The van der Waals surface area contributed by atoms with E-state index in [0.29, 0.717) is 24.3 Å². The van der Waals surface area contributed by atoms with Gasteiger partial charge in [-0.15, -0.1) is 0 Å². The van der Waals surface area contributed by atoms with Crippen LogP contribution in [0.5, 0.6) is 0 Å². The molecule has 2 fully saturated rings. The van der Waals surface area contributed by atoms with Gasteiger partial charge in [0.05, 0.1) is 24.4 Å². The van der Waals surface area contributed by atoms with Crippen LogP contribution in [0.15, 0.2) is 36.5 Å². The molecule has 0 aromatic carbocycles. The average molecular weight is 486 g/mol. The first kappa shape index (κ1) is 27.2. The first-order chi connectivity index (χ1) is 16.7. The van der Waals surface area contributed by atoms with Gasteiger partial charge < -0.3 is 15.2 Å². The summed E-state index contributed by atoms with van der Waals surface area (Å²) in [4.78, 5) is 30.3. The molecule has 2 heterocycles. The number of hydrogen-bond acceptors (Lipinski definition) is 4. The van der Waals surface area contributed by atoms with Gasteiger partial charge in [-0.2, -0.15) is 0 Å². The van der Waals surface area contributed by atoms with Gasteiger partial charge in [-0.3, -0.25) is 14.7 Å². The van der Waals surface area contributed by atoms with Gasteiger partial charge in [0, 0.05) is 6.20 Å². The largest absolute Gasteiger partial charge is 0.465 e. The molecule has 1 aliphatic heterocycles. The topological polar surface area (TPSA) is 91.8 Å². The lowest BCUT2D eigenvalue weighted by Crippen LogP contribution is -2.48. The normalized spacial score (nSPS) is 23.6. The maximum atomic E-state index is 12.3. The van der Waals surface area contributed by atoms with Gasteiger partial charge in [-0.05, 0) is 69.1 Å². The number of amides is 2. The SMILES string of the molecule is CC(C)[C@H](C/C=C/C(=O)NCc1ccccn1)C[C@@H]1OC(C)(C)N(C(=O)O)[C@H]1CC1CCCCC1. The lowest BCUT2D eigenvalue weighted by molar-refractivity contribution is -0.116. The Hall–Kier alpha value is -2.41. The summed E-state index contributed by atoms with van der Waals surface area (Å²) in [6, 6.07) is 5.50. The van der Waals surface area contributed by atoms with Crippen LogP contribution in [0, 0.1) is 17.8 Å². The van der Waals surface area contributed by atoms with Crippen LogP contribution in [0.3, 0.4) is 0 Å². The predicted molar refractivity (Wildman–Crippen MR) is 137 cm³/mol. The van der Waals surface area contributed by atoms with Crippen molar-refractivity contribution in [3.8, 4) is 0 Å². The molecule has 0 spiro atoms. The van der Waals surface area contributed by atoms with Crippen LogP contribution >= 0.6 is 0 Å². The number of hydrogen-bond donors (Lipinski definition) is 2. The molecule has 3 rings (SSSR count). The van der Waals surface area contributed by atoms with E-state index < -0.39 is 11.8 Å². The van der Waals surface area contributed by atoms with Crippen molar-refractivity contribution in [3.63, 3.8) is 0 Å². The van der Waals surface area contributed by atoms with Crippen molar-refractivity contribution in [2.75, 3.05) is 0 Å². The zero-order valence-corrected chi connectivity index (χ0v) is 21.8. The van der Waals surface area contributed by atoms with Crippen LogP contribution in [0.1, 0.15) is 84.8 Å². The highest BCUT2D eigenvalue weighted by molar-refractivity contribution is 5.87. The van der Waals surface area contributed by atoms with Crippen LogP contribution in [-0.4, -0.2) is 44.9 Å². The summed E-state index contributed by atoms with van der Waals surface area (Å²) >= 11 is 0. The molecule has 2 amide bonds. The van der Waals surface area contributed by atoms with Gasteiger partial charge >= 0.3 is 6.09 Å². The number of carbonyl (C=O) groups is 2. The molecule has 0 unspecified atom stereocenters. The molecule has 3 atom stereocenters. The van der Waals surface area contributed by atoms with E-state index in [4.69, 9.17) is 4.74 Å². The number of aromatic nitrogens is 1. The fourth-order valence-corrected chi connectivity index (χ4v) is 5.70. The Morgan fingerprint density at radius 2 is 2.00 bits per heavy atom. The monoisotopic (exact) mass is 485 g/mol. The van der Waals surface area contributed by atoms with Gasteiger partial charge in [0.1, 0.15) is 5.72 Å². The summed E-state index contributed by atoms with van der Waals surface area (Å²) in [5.41, 5.74) is -0.0132. The molecule has 1 aromatic rings. The Labute approximate surface area is 210 Å². The molecule has 1 saturated carbocycles. The lowest BCUT2D eigenvalue weighted by atomic mass is 9.80. The fourth-order valence-electron chi connectivity index (χ4n) is 5.70. The minimum absolute atomic E-state index is 0.127. The highest BCUT2D eigenvalue weighted by Gasteiger charge is 2.50. The molecule has 2 N–H and O–H groups in total. The summed E-state index contributed by atoms with van der Waals surface area (Å²) in [7, 11) is 0. The number of allylic oxidation sites excluding steroid dienone is 1. The van der Waals surface area contributed by atoms with E-state index in [1.807, 2.05) is 38.1 Å². The minimum atomic E-state index is -0.899. The first-order valence-corrected chi connectivity index (χ1v) is 13.2. The van der Waals surface area contributed by atoms with Crippen LogP contribution in [-0.2, 0) is 16.1 Å². The second kappa shape index (κ2) is 12.5. The minimum Gasteiger partial charge on any atom is -0.465 e. The van der Waals surface area contributed by atoms with E-state index in [0.717, 1.165) is 25.0 Å². The van der Waals surface area contributed by atoms with E-state index >= 15 is 0 Å². The van der Waals surface area contributed by atoms with Crippen LogP contribution < -0.4 is 5.32 Å². The van der Waals surface area contributed by atoms with Crippen molar-refractivity contribution in [1.82, 2.24) is 15.2 Å². The second-order valence-electron chi connectivity index (χ2n) is 11.0. The second-order valence-corrected chi connectivity index (χ2v) is 11.0. The van der Waals surface area contributed by atoms with Gasteiger partial charge in [0.25, 0.3) is 0 Å². The molecular weight excluding hydrogens is 442 g/mol. The third-order valence-corrected chi connectivity index (χ3v) is 7.64. The standard InChI is InChI=1S/C28H43N3O4/c1-20(2)22(13-10-15-26(32)30-19-23-14-8-9-16-29-23)18-25-24(17-21-11-6-5-7-12-21)31(27(33)34)28(3,4)35-25/h8-10,14-16,20-22,24-25H,5-7,11-13,17-19H2,1-4H3,(H,30,32)(H,33,34)/b15-10+/t22-,24+,25+/m1/s1. The van der Waals surface area contributed by atoms with Crippen molar-refractivity contribution in [2.24, 2.45) is 17.8 Å². The molecule has 7 heteroatoms. The van der Waals surface area contributed by atoms with Crippen molar-refractivity contribution in [3.05, 3.63) is 42.2 Å². The van der Waals surface area contributed by atoms with Crippen molar-refractivity contribution >= 4 is 12.0 Å². The van der Waals surface area contributed by atoms with E-state index in [2.05, 4.69) is 24.1 Å². The van der Waals surface area contributed by atoms with Crippen molar-refractivity contribution in [2.45, 2.75) is 103 Å². The molecule has 1 aromatic heterocycles. The molecule has 0 bridgehead atoms. The van der Waals surface area contributed by atoms with Gasteiger partial charge in [-0.1, -0.05) is 58.1 Å². The number of carboxylic acid groups (broad SMARTS) is 1. The summed E-state index contributed by atoms with van der Waals surface area (Å²) in [6.07, 6.45) is 12.7. The van der Waals surface area contributed by atoms with Crippen LogP contribution in [0.25, 0.3) is 0 Å². The number of carbonyl (C=O) groups excluding carboxylic acids is 1. The number of nitrogens with one attached hydrogen (secondary N) is 1. The molecule has 2 aliphatic rings. The summed E-state index contributed by atoms with van der Waals surface area (Å²) in [5, 5.41) is 12.9. The predicted octanol–water partition coefficient (Wildman–Crippen LogP) is 5.76. The summed E-state index contributed by atoms with van der Waals surface area (Å²) < 4.78 is 6.41. The summed E-state index contributed by atoms with van der Waals surface area (Å²) in [5.74, 6) is 1.11. The number of ether oxygens (including phenoxy) is 1. The summed E-state index contributed by atoms with van der Waals surface area (Å²) in [6.45, 7) is 8.50. The van der Waals surface area contributed by atoms with Crippen molar-refractivity contribution in [1.29, 1.82) is 0 Å². The number of nitrogens with zero attached hydrogens (tertiary/aromatic N) is 2. The van der Waals surface area contributed by atoms with E-state index in [9.17, 15) is 14.7 Å².